The molecule has 0 bridgehead atoms. The molecule has 0 aliphatic heterocycles. The Balaban J connectivity index is 2.89. The van der Waals surface area contributed by atoms with Crippen molar-refractivity contribution in [2.75, 3.05) is 18.4 Å². The zero-order valence-corrected chi connectivity index (χ0v) is 15.4. The fourth-order valence-corrected chi connectivity index (χ4v) is 2.57. The van der Waals surface area contributed by atoms with Crippen molar-refractivity contribution in [1.82, 2.24) is 4.90 Å². The van der Waals surface area contributed by atoms with E-state index in [2.05, 4.69) is 21.2 Å². The number of benzene rings is 1. The summed E-state index contributed by atoms with van der Waals surface area (Å²) >= 11 is 3.40. The molecule has 4 nitrogen and oxygen atoms in total. The fraction of sp³-hybridized carbons (Fsp3) is 0.529. The van der Waals surface area contributed by atoms with Gasteiger partial charge in [-0.3, -0.25) is 9.59 Å². The van der Waals surface area contributed by atoms with Crippen LogP contribution in [0.2, 0.25) is 0 Å². The molecule has 1 aromatic rings. The van der Waals surface area contributed by atoms with Crippen molar-refractivity contribution < 1.29 is 9.59 Å². The number of nitrogens with zero attached hydrogens (tertiary/aromatic N) is 1. The lowest BCUT2D eigenvalue weighted by Crippen LogP contribution is -2.47. The van der Waals surface area contributed by atoms with Crippen LogP contribution in [0.1, 0.15) is 40.5 Å². The van der Waals surface area contributed by atoms with Gasteiger partial charge in [-0.15, -0.1) is 0 Å². The van der Waals surface area contributed by atoms with Crippen LogP contribution in [0.4, 0.5) is 5.69 Å². The molecule has 0 unspecified atom stereocenters. The van der Waals surface area contributed by atoms with Gasteiger partial charge in [-0.1, -0.05) is 26.0 Å². The minimum atomic E-state index is -1.10. The lowest BCUT2D eigenvalue weighted by atomic mass is 9.90. The number of para-hydroxylation sites is 1. The summed E-state index contributed by atoms with van der Waals surface area (Å²) in [6, 6.07) is 7.37. The van der Waals surface area contributed by atoms with Gasteiger partial charge in [0.05, 0.1) is 5.69 Å². The van der Waals surface area contributed by atoms with Gasteiger partial charge in [0.2, 0.25) is 11.8 Å². The van der Waals surface area contributed by atoms with E-state index >= 15 is 0 Å². The highest BCUT2D eigenvalue weighted by Gasteiger charge is 2.39. The largest absolute Gasteiger partial charge is 0.342 e. The number of nitrogens with one attached hydrogen (secondary N) is 1. The Morgan fingerprint density at radius 2 is 1.68 bits per heavy atom. The van der Waals surface area contributed by atoms with E-state index < -0.39 is 5.41 Å². The van der Waals surface area contributed by atoms with E-state index in [9.17, 15) is 9.59 Å². The molecule has 0 aliphatic rings. The second kappa shape index (κ2) is 8.32. The maximum absolute atomic E-state index is 12.7. The van der Waals surface area contributed by atoms with Crippen LogP contribution in [0.15, 0.2) is 28.7 Å². The number of hydrogen-bond donors (Lipinski definition) is 1. The Labute approximate surface area is 141 Å². The fourth-order valence-electron chi connectivity index (χ4n) is 2.19. The van der Waals surface area contributed by atoms with Crippen LogP contribution >= 0.6 is 15.9 Å². The summed E-state index contributed by atoms with van der Waals surface area (Å²) in [5.74, 6) is -0.414. The van der Waals surface area contributed by atoms with Crippen molar-refractivity contribution in [1.29, 1.82) is 0 Å². The minimum absolute atomic E-state index is 0.124. The summed E-state index contributed by atoms with van der Waals surface area (Å²) in [4.78, 5) is 27.1. The van der Waals surface area contributed by atoms with Gasteiger partial charge in [0.15, 0.2) is 0 Å². The van der Waals surface area contributed by atoms with Gasteiger partial charge in [0, 0.05) is 17.6 Å². The molecular weight excluding hydrogens is 344 g/mol. The van der Waals surface area contributed by atoms with E-state index in [1.807, 2.05) is 32.0 Å². The van der Waals surface area contributed by atoms with Crippen LogP contribution in [-0.4, -0.2) is 29.8 Å². The second-order valence-electron chi connectivity index (χ2n) is 5.85. The molecule has 0 spiro atoms. The van der Waals surface area contributed by atoms with E-state index in [4.69, 9.17) is 0 Å². The Hall–Kier alpha value is -1.36. The van der Waals surface area contributed by atoms with Gasteiger partial charge < -0.3 is 10.2 Å². The predicted molar refractivity (Wildman–Crippen MR) is 93.7 cm³/mol. The van der Waals surface area contributed by atoms with Crippen LogP contribution < -0.4 is 5.32 Å². The molecule has 0 heterocycles. The molecule has 5 heteroatoms. The van der Waals surface area contributed by atoms with E-state index in [1.165, 1.54) is 0 Å². The van der Waals surface area contributed by atoms with Gasteiger partial charge in [-0.2, -0.15) is 0 Å². The first-order valence-electron chi connectivity index (χ1n) is 7.69. The zero-order valence-electron chi connectivity index (χ0n) is 13.8. The Kier molecular flexibility index (Phi) is 7.07. The smallest absolute Gasteiger partial charge is 0.239 e. The first kappa shape index (κ1) is 18.7. The molecule has 122 valence electrons. The van der Waals surface area contributed by atoms with E-state index in [1.54, 1.807) is 24.8 Å². The van der Waals surface area contributed by atoms with Gasteiger partial charge in [0.25, 0.3) is 0 Å². The average molecular weight is 369 g/mol. The summed E-state index contributed by atoms with van der Waals surface area (Å²) in [6.07, 6.45) is 1.77. The third-order valence-electron chi connectivity index (χ3n) is 3.50. The molecule has 2 amide bonds. The van der Waals surface area contributed by atoms with Crippen molar-refractivity contribution in [3.63, 3.8) is 0 Å². The van der Waals surface area contributed by atoms with E-state index in [0.717, 1.165) is 17.3 Å². The summed E-state index contributed by atoms with van der Waals surface area (Å²) in [5, 5.41) is 2.84. The molecule has 22 heavy (non-hydrogen) atoms. The van der Waals surface area contributed by atoms with Gasteiger partial charge >= 0.3 is 0 Å². The molecule has 0 fully saturated rings. The molecule has 0 saturated heterocycles. The van der Waals surface area contributed by atoms with Crippen molar-refractivity contribution >= 4 is 33.4 Å². The maximum Gasteiger partial charge on any atom is 0.239 e. The summed E-state index contributed by atoms with van der Waals surface area (Å²) in [5.41, 5.74) is -0.425. The predicted octanol–water partition coefficient (Wildman–Crippen LogP) is 4.06. The number of rotatable bonds is 7. The standard InChI is InChI=1S/C17H25BrN2O2/c1-5-11-20(12-6-2)16(22)17(3,4)15(21)19-14-10-8-7-9-13(14)18/h7-10H,5-6,11-12H2,1-4H3,(H,19,21). The summed E-state index contributed by atoms with van der Waals surface area (Å²) < 4.78 is 0.797. The van der Waals surface area contributed by atoms with Crippen molar-refractivity contribution in [2.24, 2.45) is 5.41 Å². The quantitative estimate of drug-likeness (QED) is 0.737. The third-order valence-corrected chi connectivity index (χ3v) is 4.19. The van der Waals surface area contributed by atoms with E-state index in [-0.39, 0.29) is 11.8 Å². The lowest BCUT2D eigenvalue weighted by molar-refractivity contribution is -0.146. The highest BCUT2D eigenvalue weighted by Crippen LogP contribution is 2.26. The number of carbonyl (C=O) groups is 2. The number of halogens is 1. The van der Waals surface area contributed by atoms with Gasteiger partial charge in [-0.05, 0) is 54.8 Å². The molecule has 1 aromatic carbocycles. The monoisotopic (exact) mass is 368 g/mol. The maximum atomic E-state index is 12.7. The number of hydrogen-bond acceptors (Lipinski definition) is 2. The van der Waals surface area contributed by atoms with Crippen LogP contribution in [-0.2, 0) is 9.59 Å². The zero-order chi connectivity index (χ0) is 16.8. The van der Waals surface area contributed by atoms with Crippen LogP contribution in [0.5, 0.6) is 0 Å². The second-order valence-corrected chi connectivity index (χ2v) is 6.71. The molecular formula is C17H25BrN2O2. The molecule has 0 aliphatic carbocycles. The third kappa shape index (κ3) is 4.57. The van der Waals surface area contributed by atoms with Gasteiger partial charge in [-0.25, -0.2) is 0 Å². The van der Waals surface area contributed by atoms with Crippen molar-refractivity contribution in [3.8, 4) is 0 Å². The number of amides is 2. The van der Waals surface area contributed by atoms with E-state index in [0.29, 0.717) is 18.8 Å². The van der Waals surface area contributed by atoms with Crippen LogP contribution in [0, 0.1) is 5.41 Å². The number of carbonyl (C=O) groups excluding carboxylic acids is 2. The molecule has 0 saturated carbocycles. The SMILES string of the molecule is CCCN(CCC)C(=O)C(C)(C)C(=O)Nc1ccccc1Br. The molecule has 1 N–H and O–H groups in total. The Morgan fingerprint density at radius 1 is 1.14 bits per heavy atom. The summed E-state index contributed by atoms with van der Waals surface area (Å²) in [7, 11) is 0. The topological polar surface area (TPSA) is 49.4 Å². The summed E-state index contributed by atoms with van der Waals surface area (Å²) in [6.45, 7) is 8.78. The Bertz CT molecular complexity index is 523. The Morgan fingerprint density at radius 3 is 2.18 bits per heavy atom. The average Bonchev–Trinajstić information content (AvgIpc) is 2.48. The minimum Gasteiger partial charge on any atom is -0.342 e. The van der Waals surface area contributed by atoms with Crippen LogP contribution in [0.3, 0.4) is 0 Å². The van der Waals surface area contributed by atoms with Gasteiger partial charge in [0.1, 0.15) is 5.41 Å². The first-order chi connectivity index (χ1) is 10.3. The van der Waals surface area contributed by atoms with Crippen molar-refractivity contribution in [3.05, 3.63) is 28.7 Å². The first-order valence-corrected chi connectivity index (χ1v) is 8.49. The van der Waals surface area contributed by atoms with Crippen LogP contribution in [0.25, 0.3) is 0 Å². The molecule has 0 radical (unpaired) electrons. The molecule has 0 atom stereocenters. The number of anilines is 1. The highest BCUT2D eigenvalue weighted by molar-refractivity contribution is 9.10. The lowest BCUT2D eigenvalue weighted by Gasteiger charge is -2.31. The normalized spacial score (nSPS) is 11.1. The molecule has 1 rings (SSSR count). The van der Waals surface area contributed by atoms with Crippen molar-refractivity contribution in [2.45, 2.75) is 40.5 Å². The molecule has 0 aromatic heterocycles. The highest BCUT2D eigenvalue weighted by atomic mass is 79.9.